The Balaban J connectivity index is 1.63. The van der Waals surface area contributed by atoms with Gasteiger partial charge in [-0.25, -0.2) is 8.42 Å². The first-order valence-corrected chi connectivity index (χ1v) is 10.9. The molecule has 1 aliphatic heterocycles. The first kappa shape index (κ1) is 22.3. The van der Waals surface area contributed by atoms with Crippen molar-refractivity contribution in [1.82, 2.24) is 4.31 Å². The zero-order chi connectivity index (χ0) is 21.9. The molecule has 1 heterocycles. The lowest BCUT2D eigenvalue weighted by molar-refractivity contribution is -0.151. The number of benzene rings is 2. The van der Waals surface area contributed by atoms with Gasteiger partial charge in [0, 0.05) is 13.1 Å². The highest BCUT2D eigenvalue weighted by Gasteiger charge is 2.40. The lowest BCUT2D eigenvalue weighted by atomic mass is 9.98. The van der Waals surface area contributed by atoms with Crippen molar-refractivity contribution >= 4 is 16.0 Å². The number of carbonyl (C=O) groups excluding carboxylic acids is 1. The van der Waals surface area contributed by atoms with Gasteiger partial charge in [0.05, 0.1) is 16.4 Å². The van der Waals surface area contributed by atoms with Crippen LogP contribution in [0.1, 0.15) is 29.5 Å². The third-order valence-corrected chi connectivity index (χ3v) is 7.02. The summed E-state index contributed by atoms with van der Waals surface area (Å²) in [6.07, 6.45) is -4.39. The van der Waals surface area contributed by atoms with Crippen molar-refractivity contribution in [1.29, 1.82) is 0 Å². The normalized spacial score (nSPS) is 16.4. The van der Waals surface area contributed by atoms with E-state index in [0.717, 1.165) is 33.6 Å². The number of aryl methyl sites for hydroxylation is 1. The molecule has 0 aliphatic carbocycles. The molecule has 0 unspecified atom stereocenters. The molecule has 0 bridgehead atoms. The molecule has 0 radical (unpaired) electrons. The molecule has 9 heteroatoms. The second kappa shape index (κ2) is 8.77. The molecule has 5 nitrogen and oxygen atoms in total. The zero-order valence-electron chi connectivity index (χ0n) is 16.4. The van der Waals surface area contributed by atoms with Crippen molar-refractivity contribution < 1.29 is 31.1 Å². The Kier molecular flexibility index (Phi) is 6.52. The average Bonchev–Trinajstić information content (AvgIpc) is 2.71. The van der Waals surface area contributed by atoms with Crippen LogP contribution in [0.15, 0.2) is 53.4 Å². The van der Waals surface area contributed by atoms with Gasteiger partial charge in [-0.15, -0.1) is 0 Å². The van der Waals surface area contributed by atoms with Crippen molar-refractivity contribution in [2.75, 3.05) is 13.1 Å². The number of piperidine rings is 1. The topological polar surface area (TPSA) is 63.7 Å². The molecule has 162 valence electrons. The van der Waals surface area contributed by atoms with E-state index in [0.29, 0.717) is 0 Å². The SMILES string of the molecule is Cc1cccc(COC(=O)C2CCN(S(=O)(=O)c3ccccc3C(F)(F)F)CC2)c1. The van der Waals surface area contributed by atoms with Crippen molar-refractivity contribution in [2.45, 2.75) is 37.4 Å². The molecule has 1 fully saturated rings. The summed E-state index contributed by atoms with van der Waals surface area (Å²) in [6.45, 7) is 1.97. The van der Waals surface area contributed by atoms with Gasteiger partial charge in [-0.2, -0.15) is 17.5 Å². The number of rotatable bonds is 5. The minimum Gasteiger partial charge on any atom is -0.461 e. The Hall–Kier alpha value is -2.39. The number of hydrogen-bond donors (Lipinski definition) is 0. The van der Waals surface area contributed by atoms with Crippen LogP contribution in [0.5, 0.6) is 0 Å². The first-order chi connectivity index (χ1) is 14.1. The number of nitrogens with zero attached hydrogens (tertiary/aromatic N) is 1. The molecule has 1 saturated heterocycles. The van der Waals surface area contributed by atoms with Gasteiger partial charge in [0.1, 0.15) is 6.61 Å². The van der Waals surface area contributed by atoms with Crippen LogP contribution in [0.2, 0.25) is 0 Å². The van der Waals surface area contributed by atoms with E-state index in [2.05, 4.69) is 0 Å². The Bertz CT molecular complexity index is 1010. The first-order valence-electron chi connectivity index (χ1n) is 9.47. The van der Waals surface area contributed by atoms with Gasteiger partial charge in [-0.3, -0.25) is 4.79 Å². The number of sulfonamides is 1. The van der Waals surface area contributed by atoms with Crippen molar-refractivity contribution in [2.24, 2.45) is 5.92 Å². The van der Waals surface area contributed by atoms with Crippen LogP contribution in [0.4, 0.5) is 13.2 Å². The van der Waals surface area contributed by atoms with Gasteiger partial charge in [0.2, 0.25) is 10.0 Å². The molecule has 2 aromatic carbocycles. The summed E-state index contributed by atoms with van der Waals surface area (Å²) < 4.78 is 71.6. The molecule has 0 saturated carbocycles. The van der Waals surface area contributed by atoms with Crippen LogP contribution in [0.25, 0.3) is 0 Å². The molecule has 0 N–H and O–H groups in total. The van der Waals surface area contributed by atoms with E-state index in [9.17, 15) is 26.4 Å². The molecular weight excluding hydrogens is 419 g/mol. The minimum atomic E-state index is -4.78. The van der Waals surface area contributed by atoms with E-state index in [1.54, 1.807) is 0 Å². The highest BCUT2D eigenvalue weighted by Crippen LogP contribution is 2.36. The fraction of sp³-hybridized carbons (Fsp3) is 0.381. The smallest absolute Gasteiger partial charge is 0.417 e. The molecular formula is C21H22F3NO4S. The van der Waals surface area contributed by atoms with Gasteiger partial charge >= 0.3 is 12.1 Å². The maximum Gasteiger partial charge on any atom is 0.417 e. The van der Waals surface area contributed by atoms with Crippen LogP contribution in [0.3, 0.4) is 0 Å². The van der Waals surface area contributed by atoms with Crippen LogP contribution in [0, 0.1) is 12.8 Å². The molecule has 0 aromatic heterocycles. The van der Waals surface area contributed by atoms with E-state index in [4.69, 9.17) is 4.74 Å². The Morgan fingerprint density at radius 1 is 1.10 bits per heavy atom. The zero-order valence-corrected chi connectivity index (χ0v) is 17.2. The fourth-order valence-electron chi connectivity index (χ4n) is 3.47. The predicted octanol–water partition coefficient (Wildman–Crippen LogP) is 4.16. The van der Waals surface area contributed by atoms with Crippen LogP contribution < -0.4 is 0 Å². The number of ether oxygens (including phenoxy) is 1. The molecule has 30 heavy (non-hydrogen) atoms. The molecule has 0 amide bonds. The number of halogens is 3. The standard InChI is InChI=1S/C21H22F3NO4S/c1-15-5-4-6-16(13-15)14-29-20(26)17-9-11-25(12-10-17)30(27,28)19-8-3-2-7-18(19)21(22,23)24/h2-8,13,17H,9-12,14H2,1H3. The van der Waals surface area contributed by atoms with Crippen LogP contribution in [-0.4, -0.2) is 31.8 Å². The Morgan fingerprint density at radius 2 is 1.77 bits per heavy atom. The van der Waals surface area contributed by atoms with Gasteiger partial charge in [-0.1, -0.05) is 42.0 Å². The summed E-state index contributed by atoms with van der Waals surface area (Å²) in [5.41, 5.74) is 0.706. The number of esters is 1. The number of alkyl halides is 3. The van der Waals surface area contributed by atoms with Gasteiger partial charge in [0.25, 0.3) is 0 Å². The molecule has 1 aliphatic rings. The lowest BCUT2D eigenvalue weighted by Gasteiger charge is -2.30. The lowest BCUT2D eigenvalue weighted by Crippen LogP contribution is -2.41. The summed E-state index contributed by atoms with van der Waals surface area (Å²) in [7, 11) is -4.32. The van der Waals surface area contributed by atoms with E-state index < -0.39 is 38.5 Å². The maximum absolute atomic E-state index is 13.2. The third kappa shape index (κ3) is 5.02. The maximum atomic E-state index is 13.2. The average molecular weight is 441 g/mol. The summed E-state index contributed by atoms with van der Waals surface area (Å²) in [5, 5.41) is 0. The summed E-state index contributed by atoms with van der Waals surface area (Å²) in [5.74, 6) is -0.914. The summed E-state index contributed by atoms with van der Waals surface area (Å²) in [6, 6.07) is 11.7. The minimum absolute atomic E-state index is 0.0429. The quantitative estimate of drug-likeness (QED) is 0.654. The van der Waals surface area contributed by atoms with E-state index >= 15 is 0 Å². The van der Waals surface area contributed by atoms with E-state index in [1.165, 1.54) is 6.07 Å². The third-order valence-electron chi connectivity index (χ3n) is 5.06. The van der Waals surface area contributed by atoms with Gasteiger partial charge < -0.3 is 4.74 Å². The van der Waals surface area contributed by atoms with Crippen molar-refractivity contribution in [3.63, 3.8) is 0 Å². The van der Waals surface area contributed by atoms with E-state index in [1.807, 2.05) is 31.2 Å². The fourth-order valence-corrected chi connectivity index (χ4v) is 5.15. The second-order valence-electron chi connectivity index (χ2n) is 7.27. The highest BCUT2D eigenvalue weighted by atomic mass is 32.2. The van der Waals surface area contributed by atoms with Crippen LogP contribution in [-0.2, 0) is 32.3 Å². The van der Waals surface area contributed by atoms with Crippen molar-refractivity contribution in [3.05, 3.63) is 65.2 Å². The van der Waals surface area contributed by atoms with E-state index in [-0.39, 0.29) is 32.5 Å². The van der Waals surface area contributed by atoms with Crippen LogP contribution >= 0.6 is 0 Å². The molecule has 0 atom stereocenters. The van der Waals surface area contributed by atoms with Crippen molar-refractivity contribution in [3.8, 4) is 0 Å². The van der Waals surface area contributed by atoms with Gasteiger partial charge in [0.15, 0.2) is 0 Å². The second-order valence-corrected chi connectivity index (χ2v) is 9.18. The number of carbonyl (C=O) groups is 1. The molecule has 2 aromatic rings. The largest absolute Gasteiger partial charge is 0.461 e. The highest BCUT2D eigenvalue weighted by molar-refractivity contribution is 7.89. The molecule has 0 spiro atoms. The molecule has 3 rings (SSSR count). The predicted molar refractivity (Wildman–Crippen MR) is 104 cm³/mol. The summed E-state index contributed by atoms with van der Waals surface area (Å²) >= 11 is 0. The monoisotopic (exact) mass is 441 g/mol. The van der Waals surface area contributed by atoms with Gasteiger partial charge in [-0.05, 0) is 37.5 Å². The Labute approximate surface area is 173 Å². The number of hydrogen-bond acceptors (Lipinski definition) is 4. The summed E-state index contributed by atoms with van der Waals surface area (Å²) in [4.78, 5) is 11.6. The Morgan fingerprint density at radius 3 is 2.40 bits per heavy atom.